The monoisotopic (exact) mass is 360 g/mol. The first-order chi connectivity index (χ1) is 9.29. The van der Waals surface area contributed by atoms with Crippen molar-refractivity contribution in [2.75, 3.05) is 14.2 Å². The van der Waals surface area contributed by atoms with E-state index in [0.717, 1.165) is 12.8 Å². The highest BCUT2D eigenvalue weighted by molar-refractivity contribution is 6.58. The minimum Gasteiger partial charge on any atom is -0.349 e. The molecule has 0 aromatic heterocycles. The Morgan fingerprint density at radius 2 is 1.70 bits per heavy atom. The zero-order valence-corrected chi connectivity index (χ0v) is 14.5. The predicted molar refractivity (Wildman–Crippen MR) is 80.7 cm³/mol. The average molecular weight is 362 g/mol. The molecular formula is C13H16Cl4O3. The number of rotatable bonds is 5. The van der Waals surface area contributed by atoms with Gasteiger partial charge in [-0.3, -0.25) is 4.79 Å². The van der Waals surface area contributed by atoms with Crippen molar-refractivity contribution < 1.29 is 14.3 Å². The number of hydrogen-bond acceptors (Lipinski definition) is 3. The van der Waals surface area contributed by atoms with E-state index in [9.17, 15) is 4.79 Å². The lowest BCUT2D eigenvalue weighted by Crippen LogP contribution is -2.57. The molecule has 0 saturated heterocycles. The second-order valence-electron chi connectivity index (χ2n) is 5.08. The first-order valence-electron chi connectivity index (χ1n) is 6.38. The van der Waals surface area contributed by atoms with Gasteiger partial charge >= 0.3 is 0 Å². The number of methoxy groups -OCH3 is 2. The summed E-state index contributed by atoms with van der Waals surface area (Å²) < 4.78 is 10.9. The Morgan fingerprint density at radius 3 is 2.10 bits per heavy atom. The van der Waals surface area contributed by atoms with E-state index in [1.54, 1.807) is 0 Å². The fourth-order valence-corrected chi connectivity index (χ4v) is 5.36. The van der Waals surface area contributed by atoms with Gasteiger partial charge in [-0.2, -0.15) is 0 Å². The fraction of sp³-hybridized carbons (Fsp3) is 0.769. The minimum absolute atomic E-state index is 0.00252. The van der Waals surface area contributed by atoms with Gasteiger partial charge in [0.15, 0.2) is 10.7 Å². The number of alkyl halides is 2. The van der Waals surface area contributed by atoms with Crippen molar-refractivity contribution in [2.45, 2.75) is 41.7 Å². The third-order valence-electron chi connectivity index (χ3n) is 4.30. The van der Waals surface area contributed by atoms with Gasteiger partial charge in [-0.15, -0.1) is 11.6 Å². The highest BCUT2D eigenvalue weighted by Crippen LogP contribution is 2.70. The summed E-state index contributed by atoms with van der Waals surface area (Å²) in [7, 11) is 2.76. The molecule has 114 valence electrons. The fourth-order valence-electron chi connectivity index (χ4n) is 3.32. The van der Waals surface area contributed by atoms with Gasteiger partial charge in [0.05, 0.1) is 10.1 Å². The van der Waals surface area contributed by atoms with Crippen LogP contribution in [0, 0.1) is 5.92 Å². The highest BCUT2D eigenvalue weighted by Gasteiger charge is 2.84. The van der Waals surface area contributed by atoms with Crippen molar-refractivity contribution in [1.82, 2.24) is 0 Å². The van der Waals surface area contributed by atoms with Crippen LogP contribution in [0.25, 0.3) is 0 Å². The molecule has 20 heavy (non-hydrogen) atoms. The molecule has 1 fully saturated rings. The van der Waals surface area contributed by atoms with Crippen molar-refractivity contribution in [3.63, 3.8) is 0 Å². The maximum atomic E-state index is 12.7. The first kappa shape index (κ1) is 16.9. The van der Waals surface area contributed by atoms with Crippen LogP contribution in [0.2, 0.25) is 0 Å². The highest BCUT2D eigenvalue weighted by atomic mass is 35.5. The molecule has 2 bridgehead atoms. The Bertz CT molecular complexity index is 474. The number of ketones is 1. The maximum absolute atomic E-state index is 12.7. The van der Waals surface area contributed by atoms with Crippen LogP contribution in [-0.4, -0.2) is 35.5 Å². The lowest BCUT2D eigenvalue weighted by Gasteiger charge is -2.40. The SMILES string of the molecule is CCCC[C@@H]1C(=O)[C@]2(Cl)C(Cl)=C(Cl)[C@@]1(Cl)C2(OC)OC. The van der Waals surface area contributed by atoms with E-state index in [1.807, 2.05) is 6.92 Å². The Hall–Kier alpha value is 0.490. The van der Waals surface area contributed by atoms with Crippen LogP contribution in [0.5, 0.6) is 0 Å². The summed E-state index contributed by atoms with van der Waals surface area (Å²) in [5.41, 5.74) is 0. The largest absolute Gasteiger partial charge is 0.349 e. The zero-order chi connectivity index (χ0) is 15.3. The minimum atomic E-state index is -1.69. The van der Waals surface area contributed by atoms with Gasteiger partial charge in [0.2, 0.25) is 5.79 Å². The van der Waals surface area contributed by atoms with Gasteiger partial charge in [-0.25, -0.2) is 0 Å². The number of Topliss-reactive ketones (excluding diaryl/α,β-unsaturated/α-hetero) is 1. The number of carbonyl (C=O) groups excluding carboxylic acids is 1. The summed E-state index contributed by atoms with van der Waals surface area (Å²) in [5, 5.41) is 0.137. The second kappa shape index (κ2) is 5.29. The molecule has 2 aliphatic carbocycles. The van der Waals surface area contributed by atoms with Crippen LogP contribution < -0.4 is 0 Å². The molecule has 0 radical (unpaired) electrons. The van der Waals surface area contributed by atoms with Crippen LogP contribution in [0.3, 0.4) is 0 Å². The maximum Gasteiger partial charge on any atom is 0.225 e. The topological polar surface area (TPSA) is 35.5 Å². The summed E-state index contributed by atoms with van der Waals surface area (Å²) in [4.78, 5) is 9.66. The number of carbonyl (C=O) groups is 1. The molecule has 0 aromatic carbocycles. The molecule has 3 nitrogen and oxygen atoms in total. The van der Waals surface area contributed by atoms with E-state index < -0.39 is 21.5 Å². The van der Waals surface area contributed by atoms with E-state index in [2.05, 4.69) is 0 Å². The van der Waals surface area contributed by atoms with Crippen molar-refractivity contribution in [2.24, 2.45) is 5.92 Å². The second-order valence-corrected chi connectivity index (χ2v) is 7.00. The molecule has 0 N–H and O–H groups in total. The molecule has 2 rings (SSSR count). The van der Waals surface area contributed by atoms with Crippen molar-refractivity contribution in [3.8, 4) is 0 Å². The summed E-state index contributed by atoms with van der Waals surface area (Å²) in [6.45, 7) is 2.03. The lowest BCUT2D eigenvalue weighted by molar-refractivity contribution is -0.218. The molecule has 0 amide bonds. The molecule has 0 aliphatic heterocycles. The first-order valence-corrected chi connectivity index (χ1v) is 7.89. The third kappa shape index (κ3) is 1.55. The number of hydrogen-bond donors (Lipinski definition) is 0. The average Bonchev–Trinajstić information content (AvgIpc) is 2.67. The molecular weight excluding hydrogens is 346 g/mol. The molecule has 1 saturated carbocycles. The molecule has 0 heterocycles. The summed E-state index contributed by atoms with van der Waals surface area (Å²) in [6, 6.07) is 0. The molecule has 0 unspecified atom stereocenters. The van der Waals surface area contributed by atoms with E-state index in [0.29, 0.717) is 6.42 Å². The quantitative estimate of drug-likeness (QED) is 0.548. The number of halogens is 4. The Balaban J connectivity index is 2.64. The lowest BCUT2D eigenvalue weighted by atomic mass is 9.86. The van der Waals surface area contributed by atoms with Crippen LogP contribution in [0.15, 0.2) is 10.1 Å². The van der Waals surface area contributed by atoms with E-state index in [4.69, 9.17) is 55.9 Å². The summed E-state index contributed by atoms with van der Waals surface area (Å²) in [6.07, 6.45) is 2.30. The van der Waals surface area contributed by atoms with E-state index in [1.165, 1.54) is 14.2 Å². The van der Waals surface area contributed by atoms with Gasteiger partial charge in [-0.1, -0.05) is 54.6 Å². The smallest absolute Gasteiger partial charge is 0.225 e. The molecule has 3 atom stereocenters. The number of ether oxygens (including phenoxy) is 2. The van der Waals surface area contributed by atoms with Crippen molar-refractivity contribution in [1.29, 1.82) is 0 Å². The van der Waals surface area contributed by atoms with Gasteiger partial charge in [-0.05, 0) is 6.42 Å². The number of fused-ring (bicyclic) bond motifs is 2. The summed E-state index contributed by atoms with van der Waals surface area (Å²) in [5.74, 6) is -2.47. The zero-order valence-electron chi connectivity index (χ0n) is 11.4. The van der Waals surface area contributed by atoms with Crippen molar-refractivity contribution in [3.05, 3.63) is 10.1 Å². The normalized spacial score (nSPS) is 39.0. The van der Waals surface area contributed by atoms with Crippen LogP contribution in [0.1, 0.15) is 26.2 Å². The summed E-state index contributed by atoms with van der Waals surface area (Å²) >= 11 is 25.7. The van der Waals surface area contributed by atoms with Crippen molar-refractivity contribution >= 4 is 52.2 Å². The van der Waals surface area contributed by atoms with Crippen LogP contribution >= 0.6 is 46.4 Å². The van der Waals surface area contributed by atoms with E-state index >= 15 is 0 Å². The van der Waals surface area contributed by atoms with Gasteiger partial charge in [0.25, 0.3) is 0 Å². The van der Waals surface area contributed by atoms with E-state index in [-0.39, 0.29) is 15.8 Å². The Morgan fingerprint density at radius 1 is 1.15 bits per heavy atom. The van der Waals surface area contributed by atoms with Gasteiger partial charge in [0.1, 0.15) is 4.87 Å². The van der Waals surface area contributed by atoms with Gasteiger partial charge < -0.3 is 9.47 Å². The van der Waals surface area contributed by atoms with Gasteiger partial charge in [0, 0.05) is 20.1 Å². The molecule has 0 spiro atoms. The van der Waals surface area contributed by atoms with Crippen LogP contribution in [0.4, 0.5) is 0 Å². The number of unbranched alkanes of at least 4 members (excludes halogenated alkanes) is 1. The molecule has 0 aromatic rings. The predicted octanol–water partition coefficient (Wildman–Crippen LogP) is 4.02. The Kier molecular flexibility index (Phi) is 4.46. The third-order valence-corrected chi connectivity index (χ3v) is 6.88. The molecule has 2 aliphatic rings. The standard InChI is InChI=1S/C13H16Cl4O3/c1-4-5-6-7-10(18)12(17)9(15)8(14)11(7,16)13(12,19-2)20-3/h7H,4-6H2,1-3H3/t7-,11-,12-/m1/s1. The van der Waals surface area contributed by atoms with Crippen LogP contribution in [-0.2, 0) is 14.3 Å². The Labute approximate surface area is 138 Å². The molecule has 7 heteroatoms.